The fourth-order valence-electron chi connectivity index (χ4n) is 5.50. The average molecular weight is 363 g/mol. The number of aliphatic hydroxyl groups is 1. The first kappa shape index (κ1) is 16.8. The van der Waals surface area contributed by atoms with Crippen LogP contribution in [0.5, 0.6) is 0 Å². The first-order valence-electron chi connectivity index (χ1n) is 9.88. The molecular formula is C23H25NO3. The van der Waals surface area contributed by atoms with Crippen molar-refractivity contribution < 1.29 is 14.6 Å². The largest absolute Gasteiger partial charge is 0.449 e. The molecule has 0 heterocycles. The SMILES string of the molecule is O=C(NC1(CO)CC2(CCC2)C1)OCC1c2ccccc2-c2ccccc21. The van der Waals surface area contributed by atoms with Gasteiger partial charge in [-0.05, 0) is 53.4 Å². The Morgan fingerprint density at radius 1 is 1.04 bits per heavy atom. The lowest BCUT2D eigenvalue weighted by Crippen LogP contribution is -2.66. The third-order valence-corrected chi connectivity index (χ3v) is 6.85. The number of hydrogen-bond donors (Lipinski definition) is 2. The van der Waals surface area contributed by atoms with Crippen molar-refractivity contribution in [3.8, 4) is 11.1 Å². The Balaban J connectivity index is 1.27. The van der Waals surface area contributed by atoms with E-state index in [2.05, 4.69) is 29.6 Å². The van der Waals surface area contributed by atoms with E-state index in [9.17, 15) is 9.90 Å². The lowest BCUT2D eigenvalue weighted by Gasteiger charge is -2.60. The zero-order valence-electron chi connectivity index (χ0n) is 15.4. The highest BCUT2D eigenvalue weighted by Crippen LogP contribution is 2.60. The summed E-state index contributed by atoms with van der Waals surface area (Å²) >= 11 is 0. The maximum atomic E-state index is 12.5. The molecule has 0 aliphatic heterocycles. The van der Waals surface area contributed by atoms with E-state index in [-0.39, 0.29) is 12.5 Å². The molecule has 0 saturated heterocycles. The summed E-state index contributed by atoms with van der Waals surface area (Å²) in [5, 5.41) is 12.8. The first-order chi connectivity index (χ1) is 13.1. The van der Waals surface area contributed by atoms with Gasteiger partial charge in [-0.25, -0.2) is 4.79 Å². The highest BCUT2D eigenvalue weighted by Gasteiger charge is 2.57. The number of alkyl carbamates (subject to hydrolysis) is 1. The van der Waals surface area contributed by atoms with Crippen LogP contribution in [-0.4, -0.2) is 30.0 Å². The Bertz CT molecular complexity index is 833. The third kappa shape index (κ3) is 2.66. The van der Waals surface area contributed by atoms with Crippen LogP contribution in [0.15, 0.2) is 48.5 Å². The summed E-state index contributed by atoms with van der Waals surface area (Å²) in [6.07, 6.45) is 5.05. The van der Waals surface area contributed by atoms with Crippen molar-refractivity contribution in [1.82, 2.24) is 5.32 Å². The molecule has 3 aliphatic rings. The van der Waals surface area contributed by atoms with Crippen molar-refractivity contribution in [3.63, 3.8) is 0 Å². The summed E-state index contributed by atoms with van der Waals surface area (Å²) in [4.78, 5) is 12.5. The summed E-state index contributed by atoms with van der Waals surface area (Å²) < 4.78 is 5.63. The summed E-state index contributed by atoms with van der Waals surface area (Å²) in [6.45, 7) is 0.297. The Labute approximate surface area is 159 Å². The number of nitrogens with one attached hydrogen (secondary N) is 1. The number of amides is 1. The van der Waals surface area contributed by atoms with Crippen LogP contribution in [0.3, 0.4) is 0 Å². The van der Waals surface area contributed by atoms with E-state index in [1.807, 2.05) is 24.3 Å². The van der Waals surface area contributed by atoms with Gasteiger partial charge in [-0.2, -0.15) is 0 Å². The molecule has 4 nitrogen and oxygen atoms in total. The van der Waals surface area contributed by atoms with Crippen LogP contribution in [0.4, 0.5) is 4.79 Å². The molecule has 2 aromatic carbocycles. The predicted molar refractivity (Wildman–Crippen MR) is 104 cm³/mol. The molecule has 3 aliphatic carbocycles. The zero-order chi connectivity index (χ0) is 18.5. The van der Waals surface area contributed by atoms with Crippen molar-refractivity contribution in [1.29, 1.82) is 0 Å². The molecular weight excluding hydrogens is 338 g/mol. The molecule has 0 bridgehead atoms. The summed E-state index contributed by atoms with van der Waals surface area (Å²) in [6, 6.07) is 16.6. The van der Waals surface area contributed by atoms with Gasteiger partial charge in [0.25, 0.3) is 0 Å². The smallest absolute Gasteiger partial charge is 0.407 e. The zero-order valence-corrected chi connectivity index (χ0v) is 15.4. The molecule has 0 aromatic heterocycles. The summed E-state index contributed by atoms with van der Waals surface area (Å²) in [5.74, 6) is 0.0626. The number of rotatable bonds is 4. The number of hydrogen-bond acceptors (Lipinski definition) is 3. The van der Waals surface area contributed by atoms with Crippen LogP contribution in [0.1, 0.15) is 49.1 Å². The van der Waals surface area contributed by atoms with Gasteiger partial charge in [0.15, 0.2) is 0 Å². The number of fused-ring (bicyclic) bond motifs is 3. The monoisotopic (exact) mass is 363 g/mol. The molecule has 27 heavy (non-hydrogen) atoms. The first-order valence-corrected chi connectivity index (χ1v) is 9.88. The molecule has 0 unspecified atom stereocenters. The van der Waals surface area contributed by atoms with Crippen LogP contribution in [0, 0.1) is 5.41 Å². The second kappa shape index (κ2) is 6.10. The molecule has 2 aromatic rings. The third-order valence-electron chi connectivity index (χ3n) is 6.85. The van der Waals surface area contributed by atoms with Gasteiger partial charge in [0.05, 0.1) is 12.1 Å². The summed E-state index contributed by atoms with van der Waals surface area (Å²) in [5.41, 5.74) is 4.75. The van der Waals surface area contributed by atoms with Crippen LogP contribution < -0.4 is 5.32 Å². The van der Waals surface area contributed by atoms with E-state index in [1.54, 1.807) is 0 Å². The van der Waals surface area contributed by atoms with Gasteiger partial charge >= 0.3 is 6.09 Å². The maximum Gasteiger partial charge on any atom is 0.407 e. The van der Waals surface area contributed by atoms with E-state index in [0.29, 0.717) is 12.0 Å². The lowest BCUT2D eigenvalue weighted by atomic mass is 9.48. The van der Waals surface area contributed by atoms with Gasteiger partial charge in [0.1, 0.15) is 6.61 Å². The minimum atomic E-state index is -0.483. The molecule has 2 N–H and O–H groups in total. The van der Waals surface area contributed by atoms with Crippen molar-refractivity contribution in [2.24, 2.45) is 5.41 Å². The van der Waals surface area contributed by atoms with E-state index in [0.717, 1.165) is 12.8 Å². The van der Waals surface area contributed by atoms with Crippen molar-refractivity contribution in [2.75, 3.05) is 13.2 Å². The minimum absolute atomic E-state index is 0.0149. The lowest BCUT2D eigenvalue weighted by molar-refractivity contribution is -0.0818. The molecule has 0 radical (unpaired) electrons. The van der Waals surface area contributed by atoms with E-state index in [4.69, 9.17) is 4.74 Å². The van der Waals surface area contributed by atoms with Gasteiger partial charge in [-0.15, -0.1) is 0 Å². The highest BCUT2D eigenvalue weighted by atomic mass is 16.5. The van der Waals surface area contributed by atoms with Crippen LogP contribution in [-0.2, 0) is 4.74 Å². The second-order valence-corrected chi connectivity index (χ2v) is 8.60. The predicted octanol–water partition coefficient (Wildman–Crippen LogP) is 4.22. The Kier molecular flexibility index (Phi) is 3.80. The molecule has 5 rings (SSSR count). The fourth-order valence-corrected chi connectivity index (χ4v) is 5.50. The van der Waals surface area contributed by atoms with Crippen molar-refractivity contribution in [2.45, 2.75) is 43.6 Å². The van der Waals surface area contributed by atoms with Gasteiger partial charge in [0.2, 0.25) is 0 Å². The second-order valence-electron chi connectivity index (χ2n) is 8.60. The minimum Gasteiger partial charge on any atom is -0.449 e. The topological polar surface area (TPSA) is 58.6 Å². The van der Waals surface area contributed by atoms with E-state index in [1.165, 1.54) is 41.5 Å². The quantitative estimate of drug-likeness (QED) is 0.855. The standard InChI is InChI=1S/C23H25NO3/c25-15-23(13-22(14-23)10-5-11-22)24-21(26)27-12-20-18-8-3-1-6-16(18)17-7-2-4-9-19(17)20/h1-4,6-9,20,25H,5,10-15H2,(H,24,26). The number of carbonyl (C=O) groups excluding carboxylic acids is 1. The fraction of sp³-hybridized carbons (Fsp3) is 0.435. The summed E-state index contributed by atoms with van der Waals surface area (Å²) in [7, 11) is 0. The molecule has 2 saturated carbocycles. The van der Waals surface area contributed by atoms with Gasteiger partial charge < -0.3 is 15.2 Å². The molecule has 2 fully saturated rings. The highest BCUT2D eigenvalue weighted by molar-refractivity contribution is 5.79. The van der Waals surface area contributed by atoms with Gasteiger partial charge in [0, 0.05) is 5.92 Å². The number of benzene rings is 2. The Hall–Kier alpha value is -2.33. The molecule has 140 valence electrons. The number of aliphatic hydroxyl groups excluding tert-OH is 1. The number of carbonyl (C=O) groups is 1. The van der Waals surface area contributed by atoms with Crippen molar-refractivity contribution in [3.05, 3.63) is 59.7 Å². The Morgan fingerprint density at radius 2 is 1.63 bits per heavy atom. The molecule has 1 spiro atoms. The molecule has 1 amide bonds. The van der Waals surface area contributed by atoms with Crippen molar-refractivity contribution >= 4 is 6.09 Å². The number of ether oxygens (including phenoxy) is 1. The van der Waals surface area contributed by atoms with Crippen LogP contribution in [0.25, 0.3) is 11.1 Å². The average Bonchev–Trinajstić information content (AvgIpc) is 2.95. The van der Waals surface area contributed by atoms with Gasteiger partial charge in [-0.3, -0.25) is 0 Å². The van der Waals surface area contributed by atoms with Crippen LogP contribution >= 0.6 is 0 Å². The maximum absolute atomic E-state index is 12.5. The Morgan fingerprint density at radius 3 is 2.15 bits per heavy atom. The van der Waals surface area contributed by atoms with E-state index >= 15 is 0 Å². The van der Waals surface area contributed by atoms with Crippen LogP contribution in [0.2, 0.25) is 0 Å². The van der Waals surface area contributed by atoms with Gasteiger partial charge in [-0.1, -0.05) is 55.0 Å². The van der Waals surface area contributed by atoms with E-state index < -0.39 is 11.6 Å². The molecule has 0 atom stereocenters. The molecule has 4 heteroatoms. The normalized spacial score (nSPS) is 20.9.